The first kappa shape index (κ1) is 9.85. The Balaban J connectivity index is 2.88. The molecule has 0 heterocycles. The van der Waals surface area contributed by atoms with Gasteiger partial charge in [0.25, 0.3) is 0 Å². The fraction of sp³-hybridized carbons (Fsp3) is 0.545. The van der Waals surface area contributed by atoms with E-state index in [0.29, 0.717) is 5.92 Å². The topological polar surface area (TPSA) is 49.8 Å². The van der Waals surface area contributed by atoms with Crippen LogP contribution in [-0.4, -0.2) is 0 Å². The lowest BCUT2D eigenvalue weighted by Crippen LogP contribution is -2.26. The zero-order valence-corrected chi connectivity index (χ0v) is 8.25. The van der Waals surface area contributed by atoms with Crippen molar-refractivity contribution in [3.05, 3.63) is 23.9 Å². The van der Waals surface area contributed by atoms with Crippen molar-refractivity contribution in [3.8, 4) is 6.07 Å². The summed E-state index contributed by atoms with van der Waals surface area (Å²) in [6, 6.07) is 2.31. The summed E-state index contributed by atoms with van der Waals surface area (Å²) in [4.78, 5) is 0. The highest BCUT2D eigenvalue weighted by atomic mass is 14.6. The van der Waals surface area contributed by atoms with Gasteiger partial charge in [-0.2, -0.15) is 5.26 Å². The van der Waals surface area contributed by atoms with Crippen molar-refractivity contribution in [1.82, 2.24) is 0 Å². The molecular formula is C11H16N2. The van der Waals surface area contributed by atoms with Gasteiger partial charge in [-0.3, -0.25) is 0 Å². The van der Waals surface area contributed by atoms with Crippen molar-refractivity contribution in [2.75, 3.05) is 0 Å². The minimum Gasteiger partial charge on any atom is -0.402 e. The van der Waals surface area contributed by atoms with Crippen LogP contribution in [0.25, 0.3) is 0 Å². The third-order valence-electron chi connectivity index (χ3n) is 2.83. The number of hydrogen-bond donors (Lipinski definition) is 1. The van der Waals surface area contributed by atoms with E-state index in [4.69, 9.17) is 11.0 Å². The fourth-order valence-corrected chi connectivity index (χ4v) is 1.67. The third kappa shape index (κ3) is 1.92. The van der Waals surface area contributed by atoms with E-state index < -0.39 is 0 Å². The molecule has 1 aliphatic rings. The SMILES string of the molecule is C=C(C)C1C=C(N)C(C)C(C#N)C1. The first-order valence-corrected chi connectivity index (χ1v) is 4.58. The molecule has 1 rings (SSSR count). The molecule has 3 atom stereocenters. The van der Waals surface area contributed by atoms with E-state index in [9.17, 15) is 0 Å². The maximum Gasteiger partial charge on any atom is 0.0663 e. The lowest BCUT2D eigenvalue weighted by atomic mass is 9.77. The van der Waals surface area contributed by atoms with Crippen LogP contribution in [0.2, 0.25) is 0 Å². The van der Waals surface area contributed by atoms with Crippen LogP contribution in [0, 0.1) is 29.1 Å². The predicted molar refractivity (Wildman–Crippen MR) is 53.5 cm³/mol. The normalized spacial score (nSPS) is 33.3. The van der Waals surface area contributed by atoms with Gasteiger partial charge >= 0.3 is 0 Å². The molecule has 0 saturated heterocycles. The number of allylic oxidation sites excluding steroid dienone is 3. The van der Waals surface area contributed by atoms with Crippen LogP contribution in [0.1, 0.15) is 20.3 Å². The van der Waals surface area contributed by atoms with Gasteiger partial charge in [-0.15, -0.1) is 0 Å². The molecule has 0 bridgehead atoms. The van der Waals surface area contributed by atoms with Gasteiger partial charge in [0.15, 0.2) is 0 Å². The fourth-order valence-electron chi connectivity index (χ4n) is 1.67. The second-order valence-electron chi connectivity index (χ2n) is 3.88. The summed E-state index contributed by atoms with van der Waals surface area (Å²) in [6.45, 7) is 7.89. The molecule has 2 N–H and O–H groups in total. The van der Waals surface area contributed by atoms with Crippen molar-refractivity contribution in [2.45, 2.75) is 20.3 Å². The van der Waals surface area contributed by atoms with Crippen molar-refractivity contribution in [1.29, 1.82) is 5.26 Å². The molecule has 0 fully saturated rings. The summed E-state index contributed by atoms with van der Waals surface area (Å²) in [6.07, 6.45) is 2.91. The lowest BCUT2D eigenvalue weighted by molar-refractivity contribution is 0.398. The molecule has 0 saturated carbocycles. The summed E-state index contributed by atoms with van der Waals surface area (Å²) in [5, 5.41) is 8.92. The number of rotatable bonds is 1. The molecule has 13 heavy (non-hydrogen) atoms. The minimum absolute atomic E-state index is 0.0479. The van der Waals surface area contributed by atoms with Gasteiger partial charge < -0.3 is 5.73 Å². The van der Waals surface area contributed by atoms with Crippen molar-refractivity contribution >= 4 is 0 Å². The number of nitrogens with zero attached hydrogens (tertiary/aromatic N) is 1. The summed E-state index contributed by atoms with van der Waals surface area (Å²) in [7, 11) is 0. The first-order valence-electron chi connectivity index (χ1n) is 4.58. The molecule has 0 aromatic heterocycles. The van der Waals surface area contributed by atoms with Crippen molar-refractivity contribution < 1.29 is 0 Å². The Morgan fingerprint density at radius 1 is 1.77 bits per heavy atom. The first-order chi connectivity index (χ1) is 6.06. The van der Waals surface area contributed by atoms with Gasteiger partial charge in [-0.05, 0) is 13.3 Å². The van der Waals surface area contributed by atoms with Gasteiger partial charge in [0, 0.05) is 17.5 Å². The Hall–Kier alpha value is -1.23. The van der Waals surface area contributed by atoms with Crippen LogP contribution in [0.15, 0.2) is 23.9 Å². The maximum absolute atomic E-state index is 8.92. The Kier molecular flexibility index (Phi) is 2.77. The molecule has 3 unspecified atom stereocenters. The Morgan fingerprint density at radius 3 is 2.85 bits per heavy atom. The summed E-state index contributed by atoms with van der Waals surface area (Å²) < 4.78 is 0. The molecule has 1 aliphatic carbocycles. The van der Waals surface area contributed by atoms with Gasteiger partial charge in [0.2, 0.25) is 0 Å². The molecule has 0 amide bonds. The molecule has 0 aliphatic heterocycles. The van der Waals surface area contributed by atoms with Crippen LogP contribution in [-0.2, 0) is 0 Å². The molecule has 70 valence electrons. The van der Waals surface area contributed by atoms with Crippen LogP contribution < -0.4 is 5.73 Å². The third-order valence-corrected chi connectivity index (χ3v) is 2.83. The smallest absolute Gasteiger partial charge is 0.0663 e. The maximum atomic E-state index is 8.92. The molecule has 2 nitrogen and oxygen atoms in total. The number of nitriles is 1. The predicted octanol–water partition coefficient (Wildman–Crippen LogP) is 2.20. The van der Waals surface area contributed by atoms with Crippen LogP contribution in [0.5, 0.6) is 0 Å². The van der Waals surface area contributed by atoms with Gasteiger partial charge in [0.1, 0.15) is 0 Å². The zero-order valence-electron chi connectivity index (χ0n) is 8.25. The van der Waals surface area contributed by atoms with E-state index in [1.54, 1.807) is 0 Å². The summed E-state index contributed by atoms with van der Waals surface area (Å²) in [5.74, 6) is 0.535. The number of nitrogens with two attached hydrogens (primary N) is 1. The summed E-state index contributed by atoms with van der Waals surface area (Å²) in [5.41, 5.74) is 7.77. The van der Waals surface area contributed by atoms with Crippen LogP contribution >= 0.6 is 0 Å². The Labute approximate surface area is 79.7 Å². The van der Waals surface area contributed by atoms with E-state index in [0.717, 1.165) is 17.7 Å². The average molecular weight is 176 g/mol. The highest BCUT2D eigenvalue weighted by Gasteiger charge is 2.27. The van der Waals surface area contributed by atoms with E-state index >= 15 is 0 Å². The quantitative estimate of drug-likeness (QED) is 0.623. The molecule has 0 aromatic rings. The summed E-state index contributed by atoms with van der Waals surface area (Å²) >= 11 is 0. The lowest BCUT2D eigenvalue weighted by Gasteiger charge is -2.28. The van der Waals surface area contributed by atoms with E-state index in [2.05, 4.69) is 12.6 Å². The monoisotopic (exact) mass is 176 g/mol. The van der Waals surface area contributed by atoms with Gasteiger partial charge in [0.05, 0.1) is 12.0 Å². The van der Waals surface area contributed by atoms with E-state index in [1.165, 1.54) is 0 Å². The molecular weight excluding hydrogens is 160 g/mol. The molecule has 0 radical (unpaired) electrons. The molecule has 0 spiro atoms. The van der Waals surface area contributed by atoms with Crippen LogP contribution in [0.3, 0.4) is 0 Å². The standard InChI is InChI=1S/C11H16N2/c1-7(2)9-4-10(6-12)8(3)11(13)5-9/h5,8-10H,1,4,13H2,2-3H3. The van der Waals surface area contributed by atoms with Crippen molar-refractivity contribution in [2.24, 2.45) is 23.5 Å². The second kappa shape index (κ2) is 3.66. The largest absolute Gasteiger partial charge is 0.402 e. The van der Waals surface area contributed by atoms with Crippen LogP contribution in [0.4, 0.5) is 0 Å². The Morgan fingerprint density at radius 2 is 2.38 bits per heavy atom. The minimum atomic E-state index is 0.0479. The highest BCUT2D eigenvalue weighted by Crippen LogP contribution is 2.33. The number of hydrogen-bond acceptors (Lipinski definition) is 2. The molecule has 0 aromatic carbocycles. The zero-order chi connectivity index (χ0) is 10.0. The Bertz CT molecular complexity index is 283. The van der Waals surface area contributed by atoms with E-state index in [1.807, 2.05) is 19.9 Å². The van der Waals surface area contributed by atoms with Crippen molar-refractivity contribution in [3.63, 3.8) is 0 Å². The van der Waals surface area contributed by atoms with E-state index in [-0.39, 0.29) is 11.8 Å². The van der Waals surface area contributed by atoms with Gasteiger partial charge in [-0.25, -0.2) is 0 Å². The van der Waals surface area contributed by atoms with Gasteiger partial charge in [-0.1, -0.05) is 25.2 Å². The average Bonchev–Trinajstić information content (AvgIpc) is 2.09. The molecule has 2 heteroatoms. The highest BCUT2D eigenvalue weighted by molar-refractivity contribution is 5.20. The second-order valence-corrected chi connectivity index (χ2v) is 3.88.